The molecule has 2 aromatic carbocycles. The van der Waals surface area contributed by atoms with Crippen molar-refractivity contribution in [1.82, 2.24) is 5.32 Å². The number of nitrogens with one attached hydrogen (secondary N) is 2. The fourth-order valence-electron chi connectivity index (χ4n) is 2.21. The van der Waals surface area contributed by atoms with E-state index in [-0.39, 0.29) is 0 Å². The summed E-state index contributed by atoms with van der Waals surface area (Å²) in [6, 6.07) is 15.5. The van der Waals surface area contributed by atoms with E-state index in [1.807, 2.05) is 54.6 Å². The molecule has 3 rings (SSSR count). The Morgan fingerprint density at radius 1 is 1.05 bits per heavy atom. The average molecular weight is 332 g/mol. The molecule has 1 aliphatic heterocycles. The molecule has 0 amide bonds. The summed E-state index contributed by atoms with van der Waals surface area (Å²) in [6.45, 7) is 1.65. The van der Waals surface area contributed by atoms with Crippen molar-refractivity contribution in [3.05, 3.63) is 70.2 Å². The Kier molecular flexibility index (Phi) is 4.66. The van der Waals surface area contributed by atoms with Crippen LogP contribution in [0.25, 0.3) is 5.70 Å². The first-order valence-corrected chi connectivity index (χ1v) is 7.76. The molecule has 0 spiro atoms. The lowest BCUT2D eigenvalue weighted by Crippen LogP contribution is -2.17. The van der Waals surface area contributed by atoms with Gasteiger partial charge in [-0.2, -0.15) is 0 Å². The monoisotopic (exact) mass is 331 g/mol. The number of aliphatic imine (C=N–C) groups is 1. The van der Waals surface area contributed by atoms with Gasteiger partial charge in [0.05, 0.1) is 22.3 Å². The number of anilines is 1. The number of hydrogen-bond acceptors (Lipinski definition) is 3. The highest BCUT2D eigenvalue weighted by atomic mass is 35.5. The van der Waals surface area contributed by atoms with Crippen LogP contribution in [0.5, 0.6) is 0 Å². The van der Waals surface area contributed by atoms with Crippen LogP contribution in [0.15, 0.2) is 59.6 Å². The first-order valence-electron chi connectivity index (χ1n) is 7.00. The zero-order valence-electron chi connectivity index (χ0n) is 11.8. The molecule has 0 unspecified atom stereocenters. The van der Waals surface area contributed by atoms with Crippen LogP contribution < -0.4 is 10.6 Å². The lowest BCUT2D eigenvalue weighted by Gasteiger charge is -2.14. The summed E-state index contributed by atoms with van der Waals surface area (Å²) >= 11 is 12.5. The molecule has 3 nitrogen and oxygen atoms in total. The number of rotatable bonds is 4. The molecule has 0 bridgehead atoms. The predicted molar refractivity (Wildman–Crippen MR) is 94.8 cm³/mol. The minimum absolute atomic E-state index is 0.579. The van der Waals surface area contributed by atoms with E-state index in [0.29, 0.717) is 15.7 Å². The molecule has 22 heavy (non-hydrogen) atoms. The molecule has 0 atom stereocenters. The number of halogens is 2. The molecule has 0 fully saturated rings. The molecule has 0 radical (unpaired) electrons. The van der Waals surface area contributed by atoms with Crippen LogP contribution in [0, 0.1) is 0 Å². The summed E-state index contributed by atoms with van der Waals surface area (Å²) < 4.78 is 0. The van der Waals surface area contributed by atoms with E-state index in [4.69, 9.17) is 23.2 Å². The van der Waals surface area contributed by atoms with E-state index >= 15 is 0 Å². The zero-order chi connectivity index (χ0) is 15.4. The number of hydrogen-bond donors (Lipinski definition) is 2. The summed E-state index contributed by atoms with van der Waals surface area (Å²) in [4.78, 5) is 4.41. The Hall–Kier alpha value is -1.97. The minimum Gasteiger partial charge on any atom is -0.368 e. The van der Waals surface area contributed by atoms with E-state index < -0.39 is 0 Å². The Morgan fingerprint density at radius 2 is 1.77 bits per heavy atom. The predicted octanol–water partition coefficient (Wildman–Crippen LogP) is 4.45. The highest BCUT2D eigenvalue weighted by molar-refractivity contribution is 6.39. The van der Waals surface area contributed by atoms with Crippen LogP contribution in [0.3, 0.4) is 0 Å². The van der Waals surface area contributed by atoms with Gasteiger partial charge in [0.25, 0.3) is 0 Å². The third kappa shape index (κ3) is 3.43. The average Bonchev–Trinajstić information content (AvgIpc) is 3.04. The first-order chi connectivity index (χ1) is 10.7. The summed E-state index contributed by atoms with van der Waals surface area (Å²) in [7, 11) is 0. The number of amidine groups is 1. The summed E-state index contributed by atoms with van der Waals surface area (Å²) in [6.07, 6.45) is 1.97. The van der Waals surface area contributed by atoms with E-state index in [1.165, 1.54) is 0 Å². The van der Waals surface area contributed by atoms with Crippen molar-refractivity contribution in [2.45, 2.75) is 0 Å². The normalized spacial score (nSPS) is 14.5. The third-order valence-electron chi connectivity index (χ3n) is 3.29. The van der Waals surface area contributed by atoms with Crippen LogP contribution in [0.2, 0.25) is 10.0 Å². The molecule has 112 valence electrons. The van der Waals surface area contributed by atoms with E-state index in [1.54, 1.807) is 0 Å². The lowest BCUT2D eigenvalue weighted by atomic mass is 10.1. The topological polar surface area (TPSA) is 36.4 Å². The number of nitrogens with zero attached hydrogens (tertiary/aromatic N) is 1. The SMILES string of the molecule is Clc1cccc(Cl)c1N/C(=C/C1=NCCN1)c1ccccc1. The van der Waals surface area contributed by atoms with Gasteiger partial charge in [-0.3, -0.25) is 4.99 Å². The van der Waals surface area contributed by atoms with Crippen molar-refractivity contribution in [3.8, 4) is 0 Å². The van der Waals surface area contributed by atoms with Gasteiger partial charge in [-0.25, -0.2) is 0 Å². The molecule has 1 aliphatic rings. The van der Waals surface area contributed by atoms with Crippen molar-refractivity contribution in [1.29, 1.82) is 0 Å². The van der Waals surface area contributed by atoms with Crippen LogP contribution >= 0.6 is 23.2 Å². The maximum Gasteiger partial charge on any atom is 0.123 e. The third-order valence-corrected chi connectivity index (χ3v) is 3.92. The number of benzene rings is 2. The van der Waals surface area contributed by atoms with Gasteiger partial charge in [0.15, 0.2) is 0 Å². The Morgan fingerprint density at radius 3 is 2.41 bits per heavy atom. The van der Waals surface area contributed by atoms with E-state index in [9.17, 15) is 0 Å². The molecule has 0 aliphatic carbocycles. The summed E-state index contributed by atoms with van der Waals surface area (Å²) in [5.41, 5.74) is 2.62. The molecule has 0 aromatic heterocycles. The maximum absolute atomic E-state index is 6.26. The summed E-state index contributed by atoms with van der Waals surface area (Å²) in [5, 5.41) is 7.73. The molecular weight excluding hydrogens is 317 g/mol. The Balaban J connectivity index is 1.99. The van der Waals surface area contributed by atoms with Gasteiger partial charge in [-0.05, 0) is 17.7 Å². The highest BCUT2D eigenvalue weighted by Gasteiger charge is 2.11. The van der Waals surface area contributed by atoms with Crippen molar-refractivity contribution in [2.75, 3.05) is 18.4 Å². The molecule has 1 heterocycles. The Bertz CT molecular complexity index is 704. The zero-order valence-corrected chi connectivity index (χ0v) is 13.3. The minimum atomic E-state index is 0.579. The Labute approximate surface area is 139 Å². The lowest BCUT2D eigenvalue weighted by molar-refractivity contribution is 0.961. The number of para-hydroxylation sites is 1. The van der Waals surface area contributed by atoms with Gasteiger partial charge in [0, 0.05) is 18.3 Å². The van der Waals surface area contributed by atoms with Crippen LogP contribution in [-0.4, -0.2) is 18.9 Å². The van der Waals surface area contributed by atoms with Gasteiger partial charge in [-0.1, -0.05) is 59.6 Å². The van der Waals surface area contributed by atoms with Gasteiger partial charge < -0.3 is 10.6 Å². The van der Waals surface area contributed by atoms with Gasteiger partial charge in [-0.15, -0.1) is 0 Å². The molecule has 2 N–H and O–H groups in total. The largest absolute Gasteiger partial charge is 0.368 e. The molecule has 5 heteroatoms. The van der Waals surface area contributed by atoms with Crippen molar-refractivity contribution in [2.24, 2.45) is 4.99 Å². The van der Waals surface area contributed by atoms with E-state index in [2.05, 4.69) is 15.6 Å². The molecule has 0 saturated carbocycles. The van der Waals surface area contributed by atoms with E-state index in [0.717, 1.165) is 30.2 Å². The van der Waals surface area contributed by atoms with Gasteiger partial charge in [0.1, 0.15) is 5.84 Å². The smallest absolute Gasteiger partial charge is 0.123 e. The fraction of sp³-hybridized carbons (Fsp3) is 0.118. The maximum atomic E-state index is 6.26. The quantitative estimate of drug-likeness (QED) is 0.868. The fourth-order valence-corrected chi connectivity index (χ4v) is 2.70. The van der Waals surface area contributed by atoms with Crippen molar-refractivity contribution in [3.63, 3.8) is 0 Å². The standard InChI is InChI=1S/C17H15Cl2N3/c18-13-7-4-8-14(19)17(13)22-15(11-16-20-9-10-21-16)12-5-2-1-3-6-12/h1-8,11,22H,9-10H2,(H,20,21)/b15-11+. The molecule has 0 saturated heterocycles. The molecular formula is C17H15Cl2N3. The van der Waals surface area contributed by atoms with Gasteiger partial charge >= 0.3 is 0 Å². The van der Waals surface area contributed by atoms with Crippen molar-refractivity contribution >= 4 is 40.4 Å². The second-order valence-electron chi connectivity index (χ2n) is 4.84. The molecule has 2 aromatic rings. The summed E-state index contributed by atoms with van der Waals surface area (Å²) in [5.74, 6) is 0.856. The van der Waals surface area contributed by atoms with Crippen LogP contribution in [0.1, 0.15) is 5.56 Å². The van der Waals surface area contributed by atoms with Crippen LogP contribution in [-0.2, 0) is 0 Å². The second-order valence-corrected chi connectivity index (χ2v) is 5.65. The second kappa shape index (κ2) is 6.86. The highest BCUT2D eigenvalue weighted by Crippen LogP contribution is 2.32. The van der Waals surface area contributed by atoms with Crippen LogP contribution in [0.4, 0.5) is 5.69 Å². The van der Waals surface area contributed by atoms with Crippen molar-refractivity contribution < 1.29 is 0 Å². The van der Waals surface area contributed by atoms with Gasteiger partial charge in [0.2, 0.25) is 0 Å². The first kappa shape index (κ1) is 14.9.